The summed E-state index contributed by atoms with van der Waals surface area (Å²) >= 11 is 0. The average Bonchev–Trinajstić information content (AvgIpc) is 2.63. The minimum Gasteiger partial charge on any atom is -0.336 e. The number of carbonyl (C=O) groups excluding carboxylic acids is 1. The fourth-order valence-electron chi connectivity index (χ4n) is 2.99. The topological polar surface area (TPSA) is 83.5 Å². The van der Waals surface area contributed by atoms with E-state index >= 15 is 0 Å². The Kier molecular flexibility index (Phi) is 5.06. The van der Waals surface area contributed by atoms with Crippen LogP contribution in [-0.4, -0.2) is 65.9 Å². The summed E-state index contributed by atoms with van der Waals surface area (Å²) in [7, 11) is -3.20. The number of carbonyl (C=O) groups is 1. The predicted octanol–water partition coefficient (Wildman–Crippen LogP) is 1.48. The molecule has 1 saturated heterocycles. The van der Waals surface area contributed by atoms with Crippen molar-refractivity contribution in [3.63, 3.8) is 0 Å². The van der Waals surface area contributed by atoms with Crippen LogP contribution in [0.4, 0.5) is 0 Å². The number of amides is 1. The molecule has 1 aliphatic rings. The van der Waals surface area contributed by atoms with Crippen molar-refractivity contribution in [2.24, 2.45) is 0 Å². The van der Waals surface area contributed by atoms with Gasteiger partial charge in [0.05, 0.1) is 23.3 Å². The molecule has 1 aliphatic heterocycles. The molecule has 0 radical (unpaired) electrons. The summed E-state index contributed by atoms with van der Waals surface area (Å²) in [6.07, 6.45) is 2.92. The maximum atomic E-state index is 12.7. The maximum Gasteiger partial charge on any atom is 0.253 e. The first kappa shape index (κ1) is 18.5. The fraction of sp³-hybridized carbons (Fsp3) is 0.389. The second-order valence-corrected chi connectivity index (χ2v) is 8.46. The maximum absolute atomic E-state index is 12.7. The van der Waals surface area contributed by atoms with Gasteiger partial charge in [-0.25, -0.2) is 13.4 Å². The Morgan fingerprint density at radius 2 is 1.65 bits per heavy atom. The summed E-state index contributed by atoms with van der Waals surface area (Å²) in [4.78, 5) is 23.2. The van der Waals surface area contributed by atoms with E-state index in [2.05, 4.69) is 9.97 Å². The van der Waals surface area contributed by atoms with Crippen molar-refractivity contribution >= 4 is 15.9 Å². The number of hydrogen-bond acceptors (Lipinski definition) is 5. The minimum absolute atomic E-state index is 0.0863. The van der Waals surface area contributed by atoms with E-state index < -0.39 is 10.0 Å². The molecule has 0 spiro atoms. The number of benzene rings is 1. The molecule has 8 heteroatoms. The lowest BCUT2D eigenvalue weighted by Gasteiger charge is -2.33. The van der Waals surface area contributed by atoms with Crippen LogP contribution in [0.5, 0.6) is 0 Å². The second-order valence-electron chi connectivity index (χ2n) is 6.48. The van der Waals surface area contributed by atoms with Gasteiger partial charge in [-0.05, 0) is 26.0 Å². The number of rotatable bonds is 3. The van der Waals surface area contributed by atoms with E-state index in [1.54, 1.807) is 23.2 Å². The van der Waals surface area contributed by atoms with Crippen LogP contribution in [-0.2, 0) is 10.0 Å². The monoisotopic (exact) mass is 374 g/mol. The van der Waals surface area contributed by atoms with Gasteiger partial charge in [0.2, 0.25) is 10.0 Å². The molecule has 0 saturated carbocycles. The van der Waals surface area contributed by atoms with Crippen molar-refractivity contribution in [2.75, 3.05) is 32.4 Å². The fourth-order valence-corrected chi connectivity index (χ4v) is 3.81. The number of sulfonamides is 1. The molecule has 0 atom stereocenters. The van der Waals surface area contributed by atoms with Crippen LogP contribution < -0.4 is 0 Å². The number of nitrogens with zero attached hydrogens (tertiary/aromatic N) is 4. The summed E-state index contributed by atoms with van der Waals surface area (Å²) in [5.41, 5.74) is 3.99. The molecule has 1 aromatic carbocycles. The van der Waals surface area contributed by atoms with Crippen LogP contribution in [0.25, 0.3) is 11.3 Å². The van der Waals surface area contributed by atoms with Gasteiger partial charge in [-0.3, -0.25) is 9.78 Å². The highest BCUT2D eigenvalue weighted by Gasteiger charge is 2.26. The molecule has 0 unspecified atom stereocenters. The van der Waals surface area contributed by atoms with Gasteiger partial charge < -0.3 is 4.90 Å². The Hall–Kier alpha value is -2.32. The molecule has 0 bridgehead atoms. The second kappa shape index (κ2) is 7.13. The van der Waals surface area contributed by atoms with Gasteiger partial charge in [-0.15, -0.1) is 0 Å². The highest BCUT2D eigenvalue weighted by Crippen LogP contribution is 2.21. The SMILES string of the molecule is Cc1cnc(C)c(-c2ccc(C(=O)N3CCN(S(C)(=O)=O)CC3)cc2)n1. The summed E-state index contributed by atoms with van der Waals surface area (Å²) < 4.78 is 24.5. The number of aryl methyl sites for hydroxylation is 2. The van der Waals surface area contributed by atoms with Crippen LogP contribution in [0.2, 0.25) is 0 Å². The lowest BCUT2D eigenvalue weighted by atomic mass is 10.1. The molecule has 1 aromatic heterocycles. The molecule has 1 amide bonds. The quantitative estimate of drug-likeness (QED) is 0.813. The third-order valence-electron chi connectivity index (χ3n) is 4.48. The smallest absolute Gasteiger partial charge is 0.253 e. The summed E-state index contributed by atoms with van der Waals surface area (Å²) in [5, 5.41) is 0. The number of hydrogen-bond donors (Lipinski definition) is 0. The third kappa shape index (κ3) is 3.91. The molecule has 26 heavy (non-hydrogen) atoms. The Bertz CT molecular complexity index is 918. The Morgan fingerprint density at radius 1 is 1.04 bits per heavy atom. The van der Waals surface area contributed by atoms with E-state index in [0.717, 1.165) is 22.6 Å². The van der Waals surface area contributed by atoms with Crippen LogP contribution in [0.1, 0.15) is 21.7 Å². The molecule has 0 aliphatic carbocycles. The molecular weight excluding hydrogens is 352 g/mol. The van der Waals surface area contributed by atoms with E-state index in [9.17, 15) is 13.2 Å². The molecule has 2 heterocycles. The Balaban J connectivity index is 1.73. The van der Waals surface area contributed by atoms with Crippen molar-refractivity contribution in [2.45, 2.75) is 13.8 Å². The van der Waals surface area contributed by atoms with Gasteiger partial charge in [0.25, 0.3) is 5.91 Å². The van der Waals surface area contributed by atoms with E-state index in [1.165, 1.54) is 10.6 Å². The van der Waals surface area contributed by atoms with Crippen LogP contribution in [0.3, 0.4) is 0 Å². The third-order valence-corrected chi connectivity index (χ3v) is 5.78. The molecule has 3 rings (SSSR count). The summed E-state index contributed by atoms with van der Waals surface area (Å²) in [5.74, 6) is -0.0863. The highest BCUT2D eigenvalue weighted by molar-refractivity contribution is 7.88. The van der Waals surface area contributed by atoms with Gasteiger partial charge in [-0.1, -0.05) is 12.1 Å². The first-order valence-corrected chi connectivity index (χ1v) is 10.3. The van der Waals surface area contributed by atoms with Crippen molar-refractivity contribution in [1.82, 2.24) is 19.2 Å². The van der Waals surface area contributed by atoms with Gasteiger partial charge >= 0.3 is 0 Å². The first-order valence-electron chi connectivity index (χ1n) is 8.41. The van der Waals surface area contributed by atoms with E-state index in [4.69, 9.17) is 0 Å². The van der Waals surface area contributed by atoms with Gasteiger partial charge in [-0.2, -0.15) is 4.31 Å². The number of piperazine rings is 1. The Morgan fingerprint density at radius 3 is 2.23 bits per heavy atom. The van der Waals surface area contributed by atoms with Crippen LogP contribution in [0, 0.1) is 13.8 Å². The van der Waals surface area contributed by atoms with E-state index in [1.807, 2.05) is 26.0 Å². The van der Waals surface area contributed by atoms with Gasteiger partial charge in [0.15, 0.2) is 0 Å². The average molecular weight is 374 g/mol. The van der Waals surface area contributed by atoms with Crippen LogP contribution in [0.15, 0.2) is 30.5 Å². The zero-order valence-electron chi connectivity index (χ0n) is 15.1. The zero-order valence-corrected chi connectivity index (χ0v) is 16.0. The van der Waals surface area contributed by atoms with E-state index in [-0.39, 0.29) is 5.91 Å². The van der Waals surface area contributed by atoms with E-state index in [0.29, 0.717) is 31.7 Å². The van der Waals surface area contributed by atoms with Crippen molar-refractivity contribution in [3.8, 4) is 11.3 Å². The van der Waals surface area contributed by atoms with Crippen molar-refractivity contribution < 1.29 is 13.2 Å². The summed E-state index contributed by atoms with van der Waals surface area (Å²) in [6.45, 7) is 5.26. The van der Waals surface area contributed by atoms with Crippen LogP contribution >= 0.6 is 0 Å². The predicted molar refractivity (Wildman–Crippen MR) is 99.3 cm³/mol. The lowest BCUT2D eigenvalue weighted by Crippen LogP contribution is -2.50. The van der Waals surface area contributed by atoms with Crippen molar-refractivity contribution in [1.29, 1.82) is 0 Å². The lowest BCUT2D eigenvalue weighted by molar-refractivity contribution is 0.0698. The Labute approximate surface area is 153 Å². The zero-order chi connectivity index (χ0) is 18.9. The normalized spacial score (nSPS) is 15.9. The molecule has 0 N–H and O–H groups in total. The molecular formula is C18H22N4O3S. The highest BCUT2D eigenvalue weighted by atomic mass is 32.2. The van der Waals surface area contributed by atoms with Gasteiger partial charge in [0.1, 0.15) is 0 Å². The standard InChI is InChI=1S/C18H22N4O3S/c1-13-12-19-14(2)17(20-13)15-4-6-16(7-5-15)18(23)21-8-10-22(11-9-21)26(3,24)25/h4-7,12H,8-11H2,1-3H3. The molecule has 2 aromatic rings. The summed E-state index contributed by atoms with van der Waals surface area (Å²) in [6, 6.07) is 7.31. The minimum atomic E-state index is -3.20. The molecule has 1 fully saturated rings. The van der Waals surface area contributed by atoms with Gasteiger partial charge in [0, 0.05) is 43.5 Å². The first-order chi connectivity index (χ1) is 12.3. The number of aromatic nitrogens is 2. The molecule has 7 nitrogen and oxygen atoms in total. The largest absolute Gasteiger partial charge is 0.336 e. The molecule has 138 valence electrons. The van der Waals surface area contributed by atoms with Crippen molar-refractivity contribution in [3.05, 3.63) is 47.4 Å².